The van der Waals surface area contributed by atoms with Crippen LogP contribution < -0.4 is 14.8 Å². The van der Waals surface area contributed by atoms with Crippen LogP contribution in [0.4, 0.5) is 29.3 Å². The molecule has 2 N–H and O–H groups in total. The second kappa shape index (κ2) is 10.8. The van der Waals surface area contributed by atoms with Crippen LogP contribution in [0.2, 0.25) is 0 Å². The molecule has 0 bridgehead atoms. The molecule has 0 radical (unpaired) electrons. The molecular formula is C22H18F3N3O8S. The van der Waals surface area contributed by atoms with Crippen molar-refractivity contribution in [2.75, 3.05) is 25.6 Å². The lowest BCUT2D eigenvalue weighted by Crippen LogP contribution is -2.36. The van der Waals surface area contributed by atoms with Gasteiger partial charge >= 0.3 is 11.9 Å². The molecule has 1 aliphatic rings. The van der Waals surface area contributed by atoms with E-state index in [1.165, 1.54) is 13.2 Å². The van der Waals surface area contributed by atoms with Crippen molar-refractivity contribution >= 4 is 46.3 Å². The Morgan fingerprint density at radius 2 is 1.95 bits per heavy atom. The zero-order valence-corrected chi connectivity index (χ0v) is 19.9. The summed E-state index contributed by atoms with van der Waals surface area (Å²) in [5, 5.41) is 22.6. The summed E-state index contributed by atoms with van der Waals surface area (Å²) in [4.78, 5) is 48.4. The maximum atomic E-state index is 13.0. The second-order valence-corrected chi connectivity index (χ2v) is 8.30. The molecule has 1 saturated heterocycles. The molecule has 0 atom stereocenters. The van der Waals surface area contributed by atoms with Gasteiger partial charge in [-0.1, -0.05) is 0 Å². The fourth-order valence-electron chi connectivity index (χ4n) is 3.20. The molecule has 2 aromatic rings. The van der Waals surface area contributed by atoms with Gasteiger partial charge in [0.1, 0.15) is 12.3 Å². The Hall–Kier alpha value is -4.27. The number of phenolic OH excluding ortho intramolecular Hbond substituents is 1. The fourth-order valence-corrected chi connectivity index (χ4v) is 4.04. The summed E-state index contributed by atoms with van der Waals surface area (Å²) in [5.74, 6) is -2.88. The molecule has 2 aromatic carbocycles. The van der Waals surface area contributed by atoms with E-state index >= 15 is 0 Å². The summed E-state index contributed by atoms with van der Waals surface area (Å²) in [6.45, 7) is 0.848. The number of carbonyl (C=O) groups excluding carboxylic acids is 3. The van der Waals surface area contributed by atoms with E-state index in [9.17, 15) is 42.8 Å². The first-order valence-corrected chi connectivity index (χ1v) is 11.1. The number of anilines is 1. The quantitative estimate of drug-likeness (QED) is 0.282. The predicted octanol–water partition coefficient (Wildman–Crippen LogP) is 4.40. The Labute approximate surface area is 211 Å². The van der Waals surface area contributed by atoms with Crippen LogP contribution in [-0.4, -0.2) is 52.2 Å². The van der Waals surface area contributed by atoms with E-state index in [0.29, 0.717) is 22.7 Å². The van der Waals surface area contributed by atoms with Gasteiger partial charge in [-0.15, -0.1) is 0 Å². The third-order valence-corrected chi connectivity index (χ3v) is 5.76. The average Bonchev–Trinajstić information content (AvgIpc) is 3.07. The number of aromatic hydroxyl groups is 1. The van der Waals surface area contributed by atoms with Crippen LogP contribution in [0.25, 0.3) is 6.08 Å². The normalized spacial score (nSPS) is 14.7. The summed E-state index contributed by atoms with van der Waals surface area (Å²) in [6.07, 6.45) is -3.54. The zero-order valence-electron chi connectivity index (χ0n) is 19.1. The third kappa shape index (κ3) is 6.11. The number of amides is 3. The van der Waals surface area contributed by atoms with Crippen molar-refractivity contribution in [2.24, 2.45) is 0 Å². The Balaban J connectivity index is 1.82. The number of hydrogen-bond acceptors (Lipinski definition) is 9. The lowest BCUT2D eigenvalue weighted by atomic mass is 10.1. The van der Waals surface area contributed by atoms with Gasteiger partial charge in [0.05, 0.1) is 34.8 Å². The topological polar surface area (TPSA) is 148 Å². The van der Waals surface area contributed by atoms with E-state index in [1.807, 2.05) is 0 Å². The zero-order chi connectivity index (χ0) is 27.5. The minimum atomic E-state index is -4.69. The monoisotopic (exact) mass is 541 g/mol. The number of thioether (sulfide) groups is 1. The molecule has 1 fully saturated rings. The van der Waals surface area contributed by atoms with Crippen molar-refractivity contribution in [2.45, 2.75) is 13.1 Å². The van der Waals surface area contributed by atoms with Crippen LogP contribution in [0, 0.1) is 10.1 Å². The standard InChI is InChI=1S/C22H18F3N3O8S/c1-3-36-16-7-11(6-14(19(16)30)28(33)34)8-17-20(31)27(21(32)37-17)10-18(29)26-13-9-12(22(23,24)25)4-5-15(13)35-2/h4-9,30H,3,10H2,1-2H3,(H,26,29)/b17-8-. The van der Waals surface area contributed by atoms with E-state index in [0.717, 1.165) is 24.3 Å². The van der Waals surface area contributed by atoms with E-state index in [2.05, 4.69) is 5.32 Å². The Kier molecular flexibility index (Phi) is 7.96. The van der Waals surface area contributed by atoms with Crippen molar-refractivity contribution in [3.8, 4) is 17.2 Å². The number of methoxy groups -OCH3 is 1. The molecule has 0 spiro atoms. The van der Waals surface area contributed by atoms with E-state index < -0.39 is 51.7 Å². The fraction of sp³-hybridized carbons (Fsp3) is 0.227. The maximum Gasteiger partial charge on any atom is 0.416 e. The largest absolute Gasteiger partial charge is 0.500 e. The number of carbonyl (C=O) groups is 3. The van der Waals surface area contributed by atoms with Crippen molar-refractivity contribution in [1.29, 1.82) is 0 Å². The molecule has 1 heterocycles. The highest BCUT2D eigenvalue weighted by atomic mass is 32.2. The molecule has 0 aliphatic carbocycles. The molecule has 1 aliphatic heterocycles. The molecule has 3 amide bonds. The van der Waals surface area contributed by atoms with Gasteiger partial charge in [0.15, 0.2) is 5.75 Å². The van der Waals surface area contributed by atoms with Crippen LogP contribution in [0.15, 0.2) is 35.2 Å². The number of rotatable bonds is 8. The highest BCUT2D eigenvalue weighted by Gasteiger charge is 2.37. The Bertz CT molecular complexity index is 1310. The molecule has 0 unspecified atom stereocenters. The number of hydrogen-bond donors (Lipinski definition) is 2. The SMILES string of the molecule is CCOc1cc(/C=C2\SC(=O)N(CC(=O)Nc3cc(C(F)(F)F)ccc3OC)C2=O)cc([N+](=O)[O-])c1O. The Morgan fingerprint density at radius 1 is 1.24 bits per heavy atom. The van der Waals surface area contributed by atoms with E-state index in [1.54, 1.807) is 6.92 Å². The minimum Gasteiger partial charge on any atom is -0.500 e. The second-order valence-electron chi connectivity index (χ2n) is 7.31. The molecule has 0 saturated carbocycles. The molecular weight excluding hydrogens is 523 g/mol. The molecule has 15 heteroatoms. The van der Waals surface area contributed by atoms with Gasteiger partial charge in [-0.3, -0.25) is 29.4 Å². The van der Waals surface area contributed by atoms with Crippen molar-refractivity contribution in [1.82, 2.24) is 4.90 Å². The first-order valence-electron chi connectivity index (χ1n) is 10.3. The first kappa shape index (κ1) is 27.3. The van der Waals surface area contributed by atoms with Gasteiger partial charge < -0.3 is 19.9 Å². The lowest BCUT2D eigenvalue weighted by molar-refractivity contribution is -0.386. The highest BCUT2D eigenvalue weighted by molar-refractivity contribution is 8.18. The van der Waals surface area contributed by atoms with Crippen LogP contribution in [0.1, 0.15) is 18.1 Å². The molecule has 37 heavy (non-hydrogen) atoms. The minimum absolute atomic E-state index is 0.0663. The number of alkyl halides is 3. The molecule has 11 nitrogen and oxygen atoms in total. The summed E-state index contributed by atoms with van der Waals surface area (Å²) < 4.78 is 49.2. The smallest absolute Gasteiger partial charge is 0.416 e. The predicted molar refractivity (Wildman–Crippen MR) is 125 cm³/mol. The summed E-state index contributed by atoms with van der Waals surface area (Å²) in [7, 11) is 1.18. The number of benzene rings is 2. The number of imide groups is 1. The molecule has 3 rings (SSSR count). The molecule has 0 aromatic heterocycles. The average molecular weight is 541 g/mol. The first-order chi connectivity index (χ1) is 17.3. The van der Waals surface area contributed by atoms with Gasteiger partial charge in [-0.05, 0) is 54.6 Å². The summed E-state index contributed by atoms with van der Waals surface area (Å²) >= 11 is 0.448. The van der Waals surface area contributed by atoms with Crippen molar-refractivity contribution in [3.05, 3.63) is 56.5 Å². The lowest BCUT2D eigenvalue weighted by Gasteiger charge is -2.16. The maximum absolute atomic E-state index is 13.0. The Morgan fingerprint density at radius 3 is 2.54 bits per heavy atom. The molecule has 196 valence electrons. The van der Waals surface area contributed by atoms with E-state index in [-0.39, 0.29) is 34.3 Å². The highest BCUT2D eigenvalue weighted by Crippen LogP contribution is 2.40. The van der Waals surface area contributed by atoms with Gasteiger partial charge in [-0.25, -0.2) is 0 Å². The van der Waals surface area contributed by atoms with Crippen LogP contribution in [0.3, 0.4) is 0 Å². The summed E-state index contributed by atoms with van der Waals surface area (Å²) in [6, 6.07) is 4.62. The van der Waals surface area contributed by atoms with Gasteiger partial charge in [0, 0.05) is 6.07 Å². The van der Waals surface area contributed by atoms with E-state index in [4.69, 9.17) is 9.47 Å². The number of halogens is 3. The van der Waals surface area contributed by atoms with Gasteiger partial charge in [0.25, 0.3) is 11.1 Å². The third-order valence-electron chi connectivity index (χ3n) is 4.85. The van der Waals surface area contributed by atoms with Crippen molar-refractivity contribution < 1.29 is 47.1 Å². The summed E-state index contributed by atoms with van der Waals surface area (Å²) in [5.41, 5.74) is -1.99. The number of phenols is 1. The van der Waals surface area contributed by atoms with Crippen molar-refractivity contribution in [3.63, 3.8) is 0 Å². The van der Waals surface area contributed by atoms with Gasteiger partial charge in [0.2, 0.25) is 11.7 Å². The number of nitro benzene ring substituents is 1. The van der Waals surface area contributed by atoms with Crippen LogP contribution in [0.5, 0.6) is 17.2 Å². The van der Waals surface area contributed by atoms with Gasteiger partial charge in [-0.2, -0.15) is 13.2 Å². The number of ether oxygens (including phenoxy) is 2. The number of nitrogens with one attached hydrogen (secondary N) is 1. The number of nitro groups is 1. The van der Waals surface area contributed by atoms with Crippen LogP contribution in [-0.2, 0) is 15.8 Å². The number of nitrogens with zero attached hydrogens (tertiary/aromatic N) is 2. The van der Waals surface area contributed by atoms with Crippen LogP contribution >= 0.6 is 11.8 Å².